The number of ether oxygens (including phenoxy) is 2. The molecule has 6 rings (SSSR count). The molecule has 2 aliphatic heterocycles. The summed E-state index contributed by atoms with van der Waals surface area (Å²) in [4.78, 5) is 26.6. The van der Waals surface area contributed by atoms with Gasteiger partial charge in [0.1, 0.15) is 33.8 Å². The van der Waals surface area contributed by atoms with Gasteiger partial charge in [0.2, 0.25) is 5.88 Å². The molecule has 41 heavy (non-hydrogen) atoms. The van der Waals surface area contributed by atoms with Crippen LogP contribution in [0.3, 0.4) is 0 Å². The lowest BCUT2D eigenvalue weighted by Gasteiger charge is -2.40. The van der Waals surface area contributed by atoms with Gasteiger partial charge in [0.15, 0.2) is 0 Å². The molecule has 0 bridgehead atoms. The fraction of sp³-hybridized carbons (Fsp3) is 0.379. The first kappa shape index (κ1) is 27.1. The standard InChI is InChI=1S/C29H29FN6O4S/c1-18-14-35(25-3-2-4-27(32-25)40-17-20-6-5-19(13-31)11-22(20)30)9-8-34(18)16-26-33-28-23(12-24(41-28)29(37)38)36(26)15-21-7-10-39-21/h2-6,11-12,18,21H,7-10,14-17H2,1H3,(H,37,38). The normalized spacial score (nSPS) is 19.2. The summed E-state index contributed by atoms with van der Waals surface area (Å²) in [6.45, 7) is 6.57. The number of hydrogen-bond donors (Lipinski definition) is 1. The summed E-state index contributed by atoms with van der Waals surface area (Å²) >= 11 is 1.21. The molecule has 1 aromatic carbocycles. The van der Waals surface area contributed by atoms with Gasteiger partial charge in [0.25, 0.3) is 0 Å². The van der Waals surface area contributed by atoms with E-state index in [1.54, 1.807) is 24.3 Å². The highest BCUT2D eigenvalue weighted by molar-refractivity contribution is 7.20. The van der Waals surface area contributed by atoms with Crippen molar-refractivity contribution in [2.24, 2.45) is 0 Å². The first-order chi connectivity index (χ1) is 19.9. The number of rotatable bonds is 9. The number of carboxylic acids is 1. The molecule has 0 aliphatic carbocycles. The van der Waals surface area contributed by atoms with E-state index < -0.39 is 11.8 Å². The minimum absolute atomic E-state index is 0.0160. The zero-order valence-electron chi connectivity index (χ0n) is 22.5. The lowest BCUT2D eigenvalue weighted by Crippen LogP contribution is -2.52. The van der Waals surface area contributed by atoms with E-state index in [-0.39, 0.29) is 24.3 Å². The van der Waals surface area contributed by atoms with Crippen molar-refractivity contribution in [1.82, 2.24) is 19.4 Å². The number of hydrogen-bond acceptors (Lipinski definition) is 9. The summed E-state index contributed by atoms with van der Waals surface area (Å²) in [5.74, 6) is 0.702. The Labute approximate surface area is 240 Å². The molecule has 2 fully saturated rings. The highest BCUT2D eigenvalue weighted by Gasteiger charge is 2.29. The number of aromatic carboxylic acids is 1. The monoisotopic (exact) mass is 576 g/mol. The van der Waals surface area contributed by atoms with Crippen molar-refractivity contribution in [2.75, 3.05) is 31.1 Å². The minimum atomic E-state index is -0.935. The third-order valence-corrected chi connectivity index (χ3v) is 8.62. The van der Waals surface area contributed by atoms with Gasteiger partial charge in [0.05, 0.1) is 36.3 Å². The maximum atomic E-state index is 14.2. The summed E-state index contributed by atoms with van der Waals surface area (Å²) in [6, 6.07) is 13.7. The summed E-state index contributed by atoms with van der Waals surface area (Å²) in [7, 11) is 0. The van der Waals surface area contributed by atoms with E-state index in [4.69, 9.17) is 19.7 Å². The molecule has 3 aromatic heterocycles. The number of carboxylic acid groups (broad SMARTS) is 1. The van der Waals surface area contributed by atoms with Crippen molar-refractivity contribution >= 4 is 33.5 Å². The van der Waals surface area contributed by atoms with Crippen LogP contribution in [0.4, 0.5) is 10.2 Å². The van der Waals surface area contributed by atoms with E-state index in [0.29, 0.717) is 29.4 Å². The van der Waals surface area contributed by atoms with Gasteiger partial charge in [-0.05, 0) is 37.6 Å². The van der Waals surface area contributed by atoms with E-state index in [1.807, 2.05) is 18.2 Å². The van der Waals surface area contributed by atoms with Crippen LogP contribution in [-0.2, 0) is 24.4 Å². The van der Waals surface area contributed by atoms with E-state index >= 15 is 0 Å². The topological polar surface area (TPSA) is 117 Å². The van der Waals surface area contributed by atoms with Crippen molar-refractivity contribution < 1.29 is 23.8 Å². The Morgan fingerprint density at radius 3 is 2.83 bits per heavy atom. The van der Waals surface area contributed by atoms with E-state index in [1.165, 1.54) is 17.4 Å². The second-order valence-electron chi connectivity index (χ2n) is 10.3. The highest BCUT2D eigenvalue weighted by Crippen LogP contribution is 2.30. The fourth-order valence-corrected chi connectivity index (χ4v) is 6.08. The number of benzene rings is 1. The summed E-state index contributed by atoms with van der Waals surface area (Å²) < 4.78 is 27.8. The minimum Gasteiger partial charge on any atom is -0.477 e. The Bertz CT molecular complexity index is 1630. The highest BCUT2D eigenvalue weighted by atomic mass is 32.1. The van der Waals surface area contributed by atoms with Gasteiger partial charge in [-0.2, -0.15) is 10.2 Å². The van der Waals surface area contributed by atoms with E-state index in [0.717, 1.165) is 54.7 Å². The number of pyridine rings is 1. The zero-order valence-corrected chi connectivity index (χ0v) is 23.3. The predicted molar refractivity (Wildman–Crippen MR) is 151 cm³/mol. The van der Waals surface area contributed by atoms with Gasteiger partial charge >= 0.3 is 5.97 Å². The van der Waals surface area contributed by atoms with E-state index in [2.05, 4.69) is 26.3 Å². The first-order valence-corrected chi connectivity index (χ1v) is 14.3. The Hall–Kier alpha value is -4.05. The molecule has 1 N–H and O–H groups in total. The number of carbonyl (C=O) groups is 1. The molecule has 12 heteroatoms. The van der Waals surface area contributed by atoms with Crippen LogP contribution < -0.4 is 9.64 Å². The molecule has 2 aliphatic rings. The lowest BCUT2D eigenvalue weighted by molar-refractivity contribution is -0.0592. The third kappa shape index (κ3) is 5.74. The van der Waals surface area contributed by atoms with Crippen LogP contribution in [0.2, 0.25) is 0 Å². The number of anilines is 1. The third-order valence-electron chi connectivity index (χ3n) is 7.62. The van der Waals surface area contributed by atoms with Crippen LogP contribution in [0.25, 0.3) is 10.3 Å². The Morgan fingerprint density at radius 1 is 1.27 bits per heavy atom. The largest absolute Gasteiger partial charge is 0.477 e. The molecule has 0 radical (unpaired) electrons. The average Bonchev–Trinajstić information content (AvgIpc) is 3.49. The fourth-order valence-electron chi connectivity index (χ4n) is 5.19. The number of piperazine rings is 1. The molecular weight excluding hydrogens is 547 g/mol. The quantitative estimate of drug-likeness (QED) is 0.312. The molecule has 0 spiro atoms. The SMILES string of the molecule is CC1CN(c2cccc(OCc3ccc(C#N)cc3F)n2)CCN1Cc1nc2sc(C(=O)O)cc2n1CC1CCO1. The first-order valence-electron chi connectivity index (χ1n) is 13.5. The Kier molecular flexibility index (Phi) is 7.57. The number of aromatic nitrogens is 3. The number of nitrogens with zero attached hydrogens (tertiary/aromatic N) is 6. The van der Waals surface area contributed by atoms with Crippen molar-refractivity contribution in [3.05, 3.63) is 70.1 Å². The van der Waals surface area contributed by atoms with Gasteiger partial charge in [-0.15, -0.1) is 11.3 Å². The van der Waals surface area contributed by atoms with Gasteiger partial charge in [-0.25, -0.2) is 14.2 Å². The molecule has 4 aromatic rings. The van der Waals surface area contributed by atoms with Crippen LogP contribution in [-0.4, -0.2) is 68.9 Å². The van der Waals surface area contributed by atoms with Crippen molar-refractivity contribution in [3.8, 4) is 11.9 Å². The lowest BCUT2D eigenvalue weighted by atomic mass is 10.1. The second-order valence-corrected chi connectivity index (χ2v) is 11.4. The molecule has 5 heterocycles. The maximum absolute atomic E-state index is 14.2. The molecular formula is C29H29FN6O4S. The van der Waals surface area contributed by atoms with Gasteiger partial charge in [-0.1, -0.05) is 12.1 Å². The van der Waals surface area contributed by atoms with Crippen molar-refractivity contribution in [2.45, 2.75) is 45.2 Å². The summed E-state index contributed by atoms with van der Waals surface area (Å²) in [5.41, 5.74) is 1.48. The maximum Gasteiger partial charge on any atom is 0.346 e. The number of fused-ring (bicyclic) bond motifs is 1. The van der Waals surface area contributed by atoms with E-state index in [9.17, 15) is 14.3 Å². The number of halogens is 1. The zero-order chi connectivity index (χ0) is 28.5. The van der Waals surface area contributed by atoms with Crippen LogP contribution >= 0.6 is 11.3 Å². The van der Waals surface area contributed by atoms with Gasteiger partial charge < -0.3 is 24.0 Å². The molecule has 0 saturated carbocycles. The number of thiophene rings is 1. The smallest absolute Gasteiger partial charge is 0.346 e. The van der Waals surface area contributed by atoms with Crippen molar-refractivity contribution in [3.63, 3.8) is 0 Å². The van der Waals surface area contributed by atoms with Gasteiger partial charge in [-0.3, -0.25) is 4.90 Å². The van der Waals surface area contributed by atoms with Crippen LogP contribution in [0.15, 0.2) is 42.5 Å². The number of imidazole rings is 1. The second kappa shape index (κ2) is 11.4. The number of nitriles is 1. The molecule has 10 nitrogen and oxygen atoms in total. The van der Waals surface area contributed by atoms with Crippen molar-refractivity contribution in [1.29, 1.82) is 5.26 Å². The van der Waals surface area contributed by atoms with Crippen LogP contribution in [0, 0.1) is 17.1 Å². The molecule has 2 atom stereocenters. The molecule has 212 valence electrons. The molecule has 0 amide bonds. The van der Waals surface area contributed by atoms with Crippen LogP contribution in [0.5, 0.6) is 5.88 Å². The summed E-state index contributed by atoms with van der Waals surface area (Å²) in [6.07, 6.45) is 1.12. The Balaban J connectivity index is 1.11. The molecule has 2 unspecified atom stereocenters. The van der Waals surface area contributed by atoms with Crippen LogP contribution in [0.1, 0.15) is 40.0 Å². The van der Waals surface area contributed by atoms with Gasteiger partial charge in [0, 0.05) is 43.9 Å². The molecule has 2 saturated heterocycles. The summed E-state index contributed by atoms with van der Waals surface area (Å²) in [5, 5.41) is 18.4. The predicted octanol–water partition coefficient (Wildman–Crippen LogP) is 4.28. The Morgan fingerprint density at radius 2 is 2.12 bits per heavy atom. The average molecular weight is 577 g/mol.